The zero-order valence-electron chi connectivity index (χ0n) is 16.9. The first-order valence-electron chi connectivity index (χ1n) is 9.29. The second kappa shape index (κ2) is 8.27. The van der Waals surface area contributed by atoms with Crippen molar-refractivity contribution in [3.05, 3.63) is 62.9 Å². The Hall–Kier alpha value is -2.98. The molecule has 10 heteroatoms. The molecule has 4 rings (SSSR count). The lowest BCUT2D eigenvalue weighted by Gasteiger charge is -2.31. The van der Waals surface area contributed by atoms with Gasteiger partial charge in [-0.2, -0.15) is 0 Å². The number of aromatic nitrogens is 3. The topological polar surface area (TPSA) is 96.2 Å². The molecule has 1 amide bonds. The molecule has 1 aliphatic rings. The fourth-order valence-corrected chi connectivity index (χ4v) is 4.46. The van der Waals surface area contributed by atoms with E-state index < -0.39 is 12.1 Å². The van der Waals surface area contributed by atoms with Crippen LogP contribution in [-0.4, -0.2) is 28.2 Å². The van der Waals surface area contributed by atoms with E-state index in [0.717, 1.165) is 0 Å². The summed E-state index contributed by atoms with van der Waals surface area (Å²) in [6, 6.07) is 12.4. The highest BCUT2D eigenvalue weighted by Crippen LogP contribution is 2.38. The predicted octanol–water partition coefficient (Wildman–Crippen LogP) is 3.05. The van der Waals surface area contributed by atoms with Crippen molar-refractivity contribution in [1.29, 1.82) is 0 Å². The maximum atomic E-state index is 13.0. The van der Waals surface area contributed by atoms with Crippen LogP contribution in [0, 0.1) is 0 Å². The smallest absolute Gasteiger partial charge is 0.325 e. The second-order valence-electron chi connectivity index (χ2n) is 6.82. The molecule has 1 N–H and O–H groups in total. The Morgan fingerprint density at radius 3 is 2.61 bits per heavy atom. The highest BCUT2D eigenvalue weighted by atomic mass is 79.9. The van der Waals surface area contributed by atoms with Crippen molar-refractivity contribution < 1.29 is 19.0 Å². The Morgan fingerprint density at radius 1 is 1.23 bits per heavy atom. The molecule has 0 radical (unpaired) electrons. The number of esters is 1. The molecule has 0 saturated carbocycles. The summed E-state index contributed by atoms with van der Waals surface area (Å²) < 4.78 is 7.31. The molecular formula is C21H18BrN4O4S+. The zero-order chi connectivity index (χ0) is 22.3. The molecule has 1 aliphatic heterocycles. The first-order valence-corrected chi connectivity index (χ1v) is 11.3. The van der Waals surface area contributed by atoms with Gasteiger partial charge >= 0.3 is 17.2 Å². The Morgan fingerprint density at radius 2 is 1.97 bits per heavy atom. The third-order valence-corrected chi connectivity index (χ3v) is 5.99. The van der Waals surface area contributed by atoms with Gasteiger partial charge in [0.15, 0.2) is 0 Å². The van der Waals surface area contributed by atoms with Crippen molar-refractivity contribution in [1.82, 2.24) is 10.1 Å². The fourth-order valence-electron chi connectivity index (χ4n) is 3.62. The molecule has 1 atom stereocenters. The number of hydrogen-bond acceptors (Lipinski definition) is 6. The molecule has 8 nitrogen and oxygen atoms in total. The van der Waals surface area contributed by atoms with Gasteiger partial charge in [-0.25, -0.2) is 4.90 Å². The third kappa shape index (κ3) is 3.77. The summed E-state index contributed by atoms with van der Waals surface area (Å²) in [6.45, 7) is 2.79. The number of fused-ring (bicyclic) bond motifs is 3. The molecular weight excluding hydrogens is 484 g/mol. The number of benzene rings is 2. The molecule has 158 valence electrons. The number of hydrogen-bond donors (Lipinski definition) is 1. The third-order valence-electron chi connectivity index (χ3n) is 4.80. The SMILES string of the molecule is CSc1n[n+]2c(c(=O)[nH]1)-c1ccccc1N(C(C)=O)[C@@H]2c1ccc(OC(C)=O)c(Br)c1. The minimum atomic E-state index is -0.710. The molecule has 31 heavy (non-hydrogen) atoms. The Kier molecular flexibility index (Phi) is 5.67. The summed E-state index contributed by atoms with van der Waals surface area (Å²) >= 11 is 4.73. The van der Waals surface area contributed by atoms with Crippen LogP contribution >= 0.6 is 27.7 Å². The van der Waals surface area contributed by atoms with Gasteiger partial charge in [0.05, 0.1) is 15.7 Å². The van der Waals surface area contributed by atoms with Crippen molar-refractivity contribution in [2.24, 2.45) is 0 Å². The maximum absolute atomic E-state index is 13.0. The van der Waals surface area contributed by atoms with Crippen molar-refractivity contribution in [2.75, 3.05) is 11.2 Å². The number of H-pyrrole nitrogens is 1. The Labute approximate surface area is 190 Å². The summed E-state index contributed by atoms with van der Waals surface area (Å²) in [4.78, 5) is 41.6. The predicted molar refractivity (Wildman–Crippen MR) is 119 cm³/mol. The number of thioether (sulfide) groups is 1. The summed E-state index contributed by atoms with van der Waals surface area (Å²) in [5, 5.41) is 5.04. The number of carbonyl (C=O) groups excluding carboxylic acids is 2. The first-order chi connectivity index (χ1) is 14.8. The van der Waals surface area contributed by atoms with Crippen LogP contribution in [0.15, 0.2) is 56.9 Å². The highest BCUT2D eigenvalue weighted by Gasteiger charge is 2.44. The van der Waals surface area contributed by atoms with Gasteiger partial charge in [0.1, 0.15) is 5.75 Å². The monoisotopic (exact) mass is 501 g/mol. The Balaban J connectivity index is 2.00. The van der Waals surface area contributed by atoms with E-state index in [0.29, 0.717) is 37.9 Å². The molecule has 0 bridgehead atoms. The van der Waals surface area contributed by atoms with E-state index in [1.165, 1.54) is 25.6 Å². The molecule has 3 aromatic rings. The van der Waals surface area contributed by atoms with Crippen LogP contribution in [0.5, 0.6) is 5.75 Å². The van der Waals surface area contributed by atoms with Crippen molar-refractivity contribution in [3.8, 4) is 17.0 Å². The van der Waals surface area contributed by atoms with Gasteiger partial charge in [-0.3, -0.25) is 19.4 Å². The summed E-state index contributed by atoms with van der Waals surface area (Å²) in [7, 11) is 0. The van der Waals surface area contributed by atoms with E-state index in [-0.39, 0.29) is 11.5 Å². The maximum Gasteiger partial charge on any atom is 0.325 e. The van der Waals surface area contributed by atoms with E-state index in [1.807, 2.05) is 18.4 Å². The van der Waals surface area contributed by atoms with E-state index in [9.17, 15) is 14.4 Å². The van der Waals surface area contributed by atoms with Gasteiger partial charge in [0.2, 0.25) is 11.1 Å². The van der Waals surface area contributed by atoms with Gasteiger partial charge in [0.25, 0.3) is 6.17 Å². The van der Waals surface area contributed by atoms with Crippen LogP contribution in [-0.2, 0) is 9.59 Å². The molecule has 0 spiro atoms. The molecule has 0 fully saturated rings. The van der Waals surface area contributed by atoms with E-state index in [2.05, 4.69) is 26.0 Å². The number of aromatic amines is 1. The molecule has 2 heterocycles. The van der Waals surface area contributed by atoms with Crippen molar-refractivity contribution in [3.63, 3.8) is 0 Å². The zero-order valence-corrected chi connectivity index (χ0v) is 19.3. The number of carbonyl (C=O) groups is 2. The normalized spacial score (nSPS) is 14.6. The number of nitrogens with one attached hydrogen (secondary N) is 1. The average molecular weight is 502 g/mol. The van der Waals surface area contributed by atoms with Gasteiger partial charge in [-0.05, 0) is 57.2 Å². The largest absolute Gasteiger partial charge is 0.426 e. The van der Waals surface area contributed by atoms with Crippen LogP contribution in [0.2, 0.25) is 0 Å². The minimum Gasteiger partial charge on any atom is -0.426 e. The van der Waals surface area contributed by atoms with Crippen LogP contribution < -0.4 is 19.9 Å². The van der Waals surface area contributed by atoms with E-state index in [4.69, 9.17) is 4.74 Å². The van der Waals surface area contributed by atoms with Crippen LogP contribution in [0.25, 0.3) is 11.3 Å². The summed E-state index contributed by atoms with van der Waals surface area (Å²) in [5.74, 6) is -0.290. The van der Waals surface area contributed by atoms with E-state index >= 15 is 0 Å². The lowest BCUT2D eigenvalue weighted by Crippen LogP contribution is -2.60. The van der Waals surface area contributed by atoms with Gasteiger partial charge in [-0.15, -0.1) is 0 Å². The lowest BCUT2D eigenvalue weighted by atomic mass is 10.0. The van der Waals surface area contributed by atoms with Crippen LogP contribution in [0.1, 0.15) is 25.6 Å². The molecule has 0 aliphatic carbocycles. The quantitative estimate of drug-likeness (QED) is 0.256. The summed E-state index contributed by atoms with van der Waals surface area (Å²) in [5.41, 5.74) is 1.98. The van der Waals surface area contributed by atoms with Gasteiger partial charge < -0.3 is 4.74 Å². The van der Waals surface area contributed by atoms with Crippen LogP contribution in [0.3, 0.4) is 0 Å². The first kappa shape index (κ1) is 21.3. The lowest BCUT2D eigenvalue weighted by molar-refractivity contribution is -0.763. The number of halogens is 1. The number of para-hydroxylation sites is 1. The molecule has 2 aromatic carbocycles. The second-order valence-corrected chi connectivity index (χ2v) is 8.47. The standard InChI is InChI=1S/C21H17BrN4O4S/c1-11(27)25-16-7-5-4-6-14(16)18-19(29)23-21(31-3)24-26(18)20(25)13-8-9-17(15(22)10-13)30-12(2)28/h4-10,20H,1-3H3/p+1/t20-/m0/s1. The van der Waals surface area contributed by atoms with Gasteiger partial charge in [0, 0.05) is 24.5 Å². The van der Waals surface area contributed by atoms with E-state index in [1.54, 1.807) is 39.9 Å². The number of amides is 1. The molecule has 0 unspecified atom stereocenters. The average Bonchev–Trinajstić information content (AvgIpc) is 2.73. The van der Waals surface area contributed by atoms with Crippen molar-refractivity contribution in [2.45, 2.75) is 25.2 Å². The number of rotatable bonds is 3. The summed E-state index contributed by atoms with van der Waals surface area (Å²) in [6.07, 6.45) is 1.10. The molecule has 0 saturated heterocycles. The van der Waals surface area contributed by atoms with Crippen LogP contribution in [0.4, 0.5) is 5.69 Å². The van der Waals surface area contributed by atoms with Gasteiger partial charge in [-0.1, -0.05) is 23.9 Å². The minimum absolute atomic E-state index is 0.205. The Bertz CT molecular complexity index is 1280. The number of nitrogens with zero attached hydrogens (tertiary/aromatic N) is 3. The highest BCUT2D eigenvalue weighted by molar-refractivity contribution is 9.10. The van der Waals surface area contributed by atoms with Crippen molar-refractivity contribution >= 4 is 45.3 Å². The molecule has 1 aromatic heterocycles. The number of ether oxygens (including phenoxy) is 1. The number of anilines is 1. The fraction of sp³-hybridized carbons (Fsp3) is 0.190.